The molecule has 0 spiro atoms. The van der Waals surface area contributed by atoms with Gasteiger partial charge in [0, 0.05) is 12.1 Å². The van der Waals surface area contributed by atoms with E-state index in [4.69, 9.17) is 0 Å². The van der Waals surface area contributed by atoms with Crippen LogP contribution in [0.4, 0.5) is 0 Å². The highest BCUT2D eigenvalue weighted by Crippen LogP contribution is 2.35. The van der Waals surface area contributed by atoms with Crippen LogP contribution < -0.4 is 4.98 Å². The minimum atomic E-state index is -1.45. The van der Waals surface area contributed by atoms with Crippen LogP contribution in [0, 0.1) is 0 Å². The van der Waals surface area contributed by atoms with E-state index in [1.54, 1.807) is 0 Å². The van der Waals surface area contributed by atoms with Crippen molar-refractivity contribution in [1.29, 1.82) is 0 Å². The van der Waals surface area contributed by atoms with Crippen molar-refractivity contribution in [3.8, 4) is 0 Å². The van der Waals surface area contributed by atoms with Crippen LogP contribution in [-0.4, -0.2) is 38.3 Å². The SMILES string of the molecule is CCCCN(CCCC)CC(C)(C)N[Si](C)(C)C(C)(C)C. The fourth-order valence-electron chi connectivity index (χ4n) is 2.67. The quantitative estimate of drug-likeness (QED) is 0.553. The second-order valence-electron chi connectivity index (χ2n) is 8.87. The van der Waals surface area contributed by atoms with Gasteiger partial charge in [0.2, 0.25) is 0 Å². The Morgan fingerprint density at radius 2 is 1.29 bits per heavy atom. The molecule has 0 heterocycles. The predicted octanol–water partition coefficient (Wildman–Crippen LogP) is 5.26. The third-order valence-electron chi connectivity index (χ3n) is 4.80. The molecule has 0 rings (SSSR count). The number of hydrogen-bond acceptors (Lipinski definition) is 2. The molecule has 0 aliphatic carbocycles. The van der Waals surface area contributed by atoms with Crippen LogP contribution in [0.1, 0.15) is 74.1 Å². The summed E-state index contributed by atoms with van der Waals surface area (Å²) in [5, 5.41) is 0.391. The van der Waals surface area contributed by atoms with Gasteiger partial charge in [-0.2, -0.15) is 0 Å². The van der Waals surface area contributed by atoms with Crippen molar-refractivity contribution >= 4 is 8.24 Å². The van der Waals surface area contributed by atoms with Crippen molar-refractivity contribution in [1.82, 2.24) is 9.88 Å². The number of rotatable bonds is 10. The maximum Gasteiger partial charge on any atom is 0.125 e. The molecule has 0 aromatic rings. The van der Waals surface area contributed by atoms with Crippen LogP contribution in [0.25, 0.3) is 0 Å². The first-order chi connectivity index (χ1) is 9.45. The lowest BCUT2D eigenvalue weighted by Gasteiger charge is -2.45. The number of nitrogens with one attached hydrogen (secondary N) is 1. The summed E-state index contributed by atoms with van der Waals surface area (Å²) in [7, 11) is -1.45. The standard InChI is InChI=1S/C18H42N2Si/c1-10-12-14-20(15-13-11-2)16-18(6,7)19-21(8,9)17(3,4)5/h19H,10-16H2,1-9H3. The largest absolute Gasteiger partial charge is 0.331 e. The van der Waals surface area contributed by atoms with E-state index < -0.39 is 8.24 Å². The van der Waals surface area contributed by atoms with Gasteiger partial charge in [0.15, 0.2) is 0 Å². The monoisotopic (exact) mass is 314 g/mol. The highest BCUT2D eigenvalue weighted by atomic mass is 28.3. The van der Waals surface area contributed by atoms with Crippen LogP contribution in [-0.2, 0) is 0 Å². The zero-order valence-corrected chi connectivity index (χ0v) is 17.4. The van der Waals surface area contributed by atoms with Crippen molar-refractivity contribution in [2.24, 2.45) is 0 Å². The van der Waals surface area contributed by atoms with Gasteiger partial charge in [0.05, 0.1) is 0 Å². The molecule has 0 aliphatic rings. The lowest BCUT2D eigenvalue weighted by molar-refractivity contribution is 0.208. The number of hydrogen-bond donors (Lipinski definition) is 1. The van der Waals surface area contributed by atoms with Gasteiger partial charge in [-0.15, -0.1) is 0 Å². The van der Waals surface area contributed by atoms with Crippen LogP contribution in [0.15, 0.2) is 0 Å². The van der Waals surface area contributed by atoms with Gasteiger partial charge in [-0.1, -0.05) is 60.6 Å². The highest BCUT2D eigenvalue weighted by Gasteiger charge is 2.39. The minimum Gasteiger partial charge on any atom is -0.331 e. The summed E-state index contributed by atoms with van der Waals surface area (Å²) in [5.74, 6) is 0. The average Bonchev–Trinajstić information content (AvgIpc) is 2.29. The Balaban J connectivity index is 4.71. The predicted molar refractivity (Wildman–Crippen MR) is 101 cm³/mol. The van der Waals surface area contributed by atoms with Crippen LogP contribution in [0.3, 0.4) is 0 Å². The molecule has 3 heteroatoms. The molecule has 0 aromatic carbocycles. The van der Waals surface area contributed by atoms with Crippen molar-refractivity contribution in [3.63, 3.8) is 0 Å². The van der Waals surface area contributed by atoms with Crippen LogP contribution in [0.2, 0.25) is 18.1 Å². The molecule has 0 atom stereocenters. The average molecular weight is 315 g/mol. The van der Waals surface area contributed by atoms with Crippen LogP contribution >= 0.6 is 0 Å². The molecule has 21 heavy (non-hydrogen) atoms. The molecule has 0 amide bonds. The van der Waals surface area contributed by atoms with Crippen LogP contribution in [0.5, 0.6) is 0 Å². The van der Waals surface area contributed by atoms with Gasteiger partial charge in [-0.3, -0.25) is 0 Å². The molecule has 0 saturated heterocycles. The molecule has 0 aliphatic heterocycles. The summed E-state index contributed by atoms with van der Waals surface area (Å²) in [5.41, 5.74) is 0.199. The lowest BCUT2D eigenvalue weighted by atomic mass is 10.1. The van der Waals surface area contributed by atoms with Crippen molar-refractivity contribution in [3.05, 3.63) is 0 Å². The summed E-state index contributed by atoms with van der Waals surface area (Å²) >= 11 is 0. The molecule has 128 valence electrons. The Morgan fingerprint density at radius 1 is 0.857 bits per heavy atom. The molecule has 2 nitrogen and oxygen atoms in total. The van der Waals surface area contributed by atoms with Crippen molar-refractivity contribution < 1.29 is 0 Å². The molecule has 0 unspecified atom stereocenters. The summed E-state index contributed by atoms with van der Waals surface area (Å²) in [4.78, 5) is 6.73. The van der Waals surface area contributed by atoms with E-state index in [0.717, 1.165) is 0 Å². The summed E-state index contributed by atoms with van der Waals surface area (Å²) in [6, 6.07) is 0. The van der Waals surface area contributed by atoms with Crippen molar-refractivity contribution in [2.45, 2.75) is 97.8 Å². The zero-order valence-electron chi connectivity index (χ0n) is 16.4. The Labute approximate surface area is 136 Å². The summed E-state index contributed by atoms with van der Waals surface area (Å²) < 4.78 is 0. The molecule has 1 N–H and O–H groups in total. The van der Waals surface area contributed by atoms with E-state index in [0.29, 0.717) is 5.04 Å². The Bertz CT molecular complexity index is 271. The summed E-state index contributed by atoms with van der Waals surface area (Å²) in [6.45, 7) is 25.1. The normalized spacial score (nSPS) is 14.0. The van der Waals surface area contributed by atoms with Gasteiger partial charge in [0.25, 0.3) is 0 Å². The maximum absolute atomic E-state index is 4.05. The third kappa shape index (κ3) is 8.37. The van der Waals surface area contributed by atoms with Gasteiger partial charge in [-0.25, -0.2) is 0 Å². The lowest BCUT2D eigenvalue weighted by Crippen LogP contribution is -2.63. The molecule has 0 aromatic heterocycles. The van der Waals surface area contributed by atoms with Gasteiger partial charge < -0.3 is 9.88 Å². The second kappa shape index (κ2) is 8.69. The molecular formula is C18H42N2Si. The third-order valence-corrected chi connectivity index (χ3v) is 9.85. The first-order valence-electron chi connectivity index (χ1n) is 8.97. The minimum absolute atomic E-state index is 0.199. The summed E-state index contributed by atoms with van der Waals surface area (Å²) in [6.07, 6.45) is 5.22. The molecular weight excluding hydrogens is 272 g/mol. The van der Waals surface area contributed by atoms with E-state index in [1.165, 1.54) is 45.3 Å². The molecule has 0 saturated carbocycles. The molecule has 0 fully saturated rings. The van der Waals surface area contributed by atoms with E-state index in [1.807, 2.05) is 0 Å². The number of unbranched alkanes of at least 4 members (excludes halogenated alkanes) is 2. The Kier molecular flexibility index (Phi) is 8.74. The maximum atomic E-state index is 4.05. The highest BCUT2D eigenvalue weighted by molar-refractivity contribution is 6.77. The van der Waals surface area contributed by atoms with Crippen molar-refractivity contribution in [2.75, 3.05) is 19.6 Å². The van der Waals surface area contributed by atoms with Gasteiger partial charge in [-0.05, 0) is 44.8 Å². The van der Waals surface area contributed by atoms with E-state index in [-0.39, 0.29) is 5.54 Å². The topological polar surface area (TPSA) is 15.3 Å². The molecule has 0 radical (unpaired) electrons. The fraction of sp³-hybridized carbons (Fsp3) is 1.00. The fourth-order valence-corrected chi connectivity index (χ4v) is 4.81. The first-order valence-corrected chi connectivity index (χ1v) is 12.0. The Morgan fingerprint density at radius 3 is 1.62 bits per heavy atom. The van der Waals surface area contributed by atoms with E-state index in [2.05, 4.69) is 71.4 Å². The Hall–Kier alpha value is 0.137. The van der Waals surface area contributed by atoms with Gasteiger partial charge >= 0.3 is 0 Å². The van der Waals surface area contributed by atoms with E-state index >= 15 is 0 Å². The van der Waals surface area contributed by atoms with Gasteiger partial charge in [0.1, 0.15) is 8.24 Å². The van der Waals surface area contributed by atoms with E-state index in [9.17, 15) is 0 Å². The smallest absolute Gasteiger partial charge is 0.125 e. The first kappa shape index (κ1) is 21.1. The molecule has 0 bridgehead atoms. The second-order valence-corrected chi connectivity index (χ2v) is 13.9. The number of nitrogens with zero attached hydrogens (tertiary/aromatic N) is 1. The zero-order chi connectivity index (χ0) is 16.7.